The lowest BCUT2D eigenvalue weighted by Gasteiger charge is -2.46. The second-order valence-corrected chi connectivity index (χ2v) is 6.36. The van der Waals surface area contributed by atoms with Crippen LogP contribution in [0, 0.1) is 11.3 Å². The second-order valence-electron chi connectivity index (χ2n) is 6.36. The van der Waals surface area contributed by atoms with Gasteiger partial charge in [-0.05, 0) is 49.9 Å². The topological polar surface area (TPSA) is 60.2 Å². The van der Waals surface area contributed by atoms with Gasteiger partial charge in [0.2, 0.25) is 5.91 Å². The number of pyridine rings is 1. The van der Waals surface area contributed by atoms with Crippen LogP contribution in [0.4, 0.5) is 0 Å². The van der Waals surface area contributed by atoms with E-state index in [0.29, 0.717) is 0 Å². The van der Waals surface area contributed by atoms with Gasteiger partial charge in [-0.25, -0.2) is 0 Å². The van der Waals surface area contributed by atoms with Crippen LogP contribution in [-0.4, -0.2) is 45.9 Å². The lowest BCUT2D eigenvalue weighted by Crippen LogP contribution is -2.56. The Morgan fingerprint density at radius 1 is 1.27 bits per heavy atom. The highest BCUT2D eigenvalue weighted by Crippen LogP contribution is 2.38. The fourth-order valence-corrected chi connectivity index (χ4v) is 3.92. The minimum Gasteiger partial charge on any atom is -0.340 e. The molecule has 0 aliphatic carbocycles. The van der Waals surface area contributed by atoms with Gasteiger partial charge in [0.05, 0.1) is 6.07 Å². The number of carbonyl (C=O) groups excluding carboxylic acids is 1. The zero-order valence-electron chi connectivity index (χ0n) is 12.9. The van der Waals surface area contributed by atoms with Crippen molar-refractivity contribution in [1.29, 1.82) is 5.26 Å². The third-order valence-electron chi connectivity index (χ3n) is 5.00. The Hall–Kier alpha value is -1.93. The van der Waals surface area contributed by atoms with Crippen molar-refractivity contribution >= 4 is 5.91 Å². The molecule has 5 nitrogen and oxygen atoms in total. The predicted octanol–water partition coefficient (Wildman–Crippen LogP) is 1.95. The SMILES string of the molecule is N#CCC(=O)N1CCCC2(CCCN2Cc2ccncc2)C1. The fraction of sp³-hybridized carbons (Fsp3) is 0.588. The normalized spacial score (nSPS) is 25.3. The molecule has 0 saturated carbocycles. The second kappa shape index (κ2) is 6.45. The Morgan fingerprint density at radius 2 is 2.00 bits per heavy atom. The summed E-state index contributed by atoms with van der Waals surface area (Å²) in [5.41, 5.74) is 1.38. The summed E-state index contributed by atoms with van der Waals surface area (Å²) in [6.07, 6.45) is 8.18. The first kappa shape index (κ1) is 15.0. The van der Waals surface area contributed by atoms with Crippen molar-refractivity contribution in [1.82, 2.24) is 14.8 Å². The number of rotatable bonds is 3. The highest BCUT2D eigenvalue weighted by molar-refractivity contribution is 5.78. The van der Waals surface area contributed by atoms with E-state index in [1.54, 1.807) is 0 Å². The van der Waals surface area contributed by atoms with Crippen molar-refractivity contribution in [3.63, 3.8) is 0 Å². The van der Waals surface area contributed by atoms with Crippen molar-refractivity contribution in [2.75, 3.05) is 19.6 Å². The molecule has 2 aliphatic heterocycles. The summed E-state index contributed by atoms with van der Waals surface area (Å²) in [5, 5.41) is 8.76. The third-order valence-corrected chi connectivity index (χ3v) is 5.00. The molecule has 2 aliphatic rings. The van der Waals surface area contributed by atoms with Gasteiger partial charge in [0.25, 0.3) is 0 Å². The highest BCUT2D eigenvalue weighted by atomic mass is 16.2. The van der Waals surface area contributed by atoms with Crippen molar-refractivity contribution in [2.45, 2.75) is 44.2 Å². The maximum absolute atomic E-state index is 12.1. The number of hydrogen-bond donors (Lipinski definition) is 0. The molecule has 22 heavy (non-hydrogen) atoms. The van der Waals surface area contributed by atoms with Crippen LogP contribution in [0.15, 0.2) is 24.5 Å². The zero-order valence-corrected chi connectivity index (χ0v) is 12.9. The van der Waals surface area contributed by atoms with Gasteiger partial charge in [-0.15, -0.1) is 0 Å². The van der Waals surface area contributed by atoms with Gasteiger partial charge >= 0.3 is 0 Å². The van der Waals surface area contributed by atoms with E-state index >= 15 is 0 Å². The molecule has 0 bridgehead atoms. The van der Waals surface area contributed by atoms with Crippen LogP contribution in [0.3, 0.4) is 0 Å². The molecule has 1 aromatic rings. The van der Waals surface area contributed by atoms with E-state index in [4.69, 9.17) is 5.26 Å². The third kappa shape index (κ3) is 2.97. The molecular formula is C17H22N4O. The van der Waals surface area contributed by atoms with Crippen molar-refractivity contribution in [3.05, 3.63) is 30.1 Å². The average molecular weight is 298 g/mol. The number of carbonyl (C=O) groups is 1. The van der Waals surface area contributed by atoms with E-state index in [2.05, 4.69) is 22.0 Å². The first-order valence-corrected chi connectivity index (χ1v) is 8.02. The van der Waals surface area contributed by atoms with Crippen LogP contribution in [-0.2, 0) is 11.3 Å². The summed E-state index contributed by atoms with van der Waals surface area (Å²) < 4.78 is 0. The van der Waals surface area contributed by atoms with Crippen LogP contribution >= 0.6 is 0 Å². The van der Waals surface area contributed by atoms with Gasteiger partial charge in [0.1, 0.15) is 6.42 Å². The van der Waals surface area contributed by atoms with Crippen LogP contribution in [0.1, 0.15) is 37.7 Å². The number of nitrogens with zero attached hydrogens (tertiary/aromatic N) is 4. The number of likely N-dealkylation sites (tertiary alicyclic amines) is 2. The summed E-state index contributed by atoms with van der Waals surface area (Å²) in [6.45, 7) is 3.58. The first-order valence-electron chi connectivity index (χ1n) is 8.02. The number of amides is 1. The largest absolute Gasteiger partial charge is 0.340 e. The summed E-state index contributed by atoms with van der Waals surface area (Å²) in [6, 6.07) is 6.11. The summed E-state index contributed by atoms with van der Waals surface area (Å²) >= 11 is 0. The van der Waals surface area contributed by atoms with E-state index in [9.17, 15) is 4.79 Å². The summed E-state index contributed by atoms with van der Waals surface area (Å²) in [5.74, 6) is -0.0164. The number of piperidine rings is 1. The van der Waals surface area contributed by atoms with E-state index in [0.717, 1.165) is 45.4 Å². The zero-order chi connectivity index (χ0) is 15.4. The maximum Gasteiger partial charge on any atom is 0.236 e. The minimum atomic E-state index is -0.0164. The Labute approximate surface area is 131 Å². The highest BCUT2D eigenvalue weighted by Gasteiger charge is 2.44. The molecule has 3 rings (SSSR count). The van der Waals surface area contributed by atoms with Crippen LogP contribution < -0.4 is 0 Å². The molecule has 3 heterocycles. The van der Waals surface area contributed by atoms with Gasteiger partial charge in [-0.1, -0.05) is 0 Å². The standard InChI is InChI=1S/C17H22N4O/c18-8-3-16(22)20-11-1-6-17(14-20)7-2-12-21(17)13-15-4-9-19-10-5-15/h4-5,9-10H,1-3,6-7,11-14H2. The Bertz CT molecular complexity index is 568. The number of nitriles is 1. The Kier molecular flexibility index (Phi) is 4.39. The molecule has 5 heteroatoms. The maximum atomic E-state index is 12.1. The monoisotopic (exact) mass is 298 g/mol. The molecule has 1 unspecified atom stereocenters. The Balaban J connectivity index is 1.73. The Morgan fingerprint density at radius 3 is 2.73 bits per heavy atom. The molecule has 0 radical (unpaired) electrons. The molecule has 116 valence electrons. The molecule has 0 N–H and O–H groups in total. The summed E-state index contributed by atoms with van der Waals surface area (Å²) in [4.78, 5) is 20.6. The van der Waals surface area contributed by atoms with Gasteiger partial charge in [-0.3, -0.25) is 14.7 Å². The van der Waals surface area contributed by atoms with Gasteiger partial charge in [-0.2, -0.15) is 5.26 Å². The predicted molar refractivity (Wildman–Crippen MR) is 82.7 cm³/mol. The van der Waals surface area contributed by atoms with E-state index in [1.165, 1.54) is 12.0 Å². The lowest BCUT2D eigenvalue weighted by atomic mass is 9.86. The van der Waals surface area contributed by atoms with Gasteiger partial charge in [0, 0.05) is 37.6 Å². The average Bonchev–Trinajstić information content (AvgIpc) is 2.90. The van der Waals surface area contributed by atoms with Crippen LogP contribution in [0.25, 0.3) is 0 Å². The van der Waals surface area contributed by atoms with Crippen molar-refractivity contribution in [3.8, 4) is 6.07 Å². The molecule has 1 spiro atoms. The molecule has 0 aromatic carbocycles. The molecular weight excluding hydrogens is 276 g/mol. The summed E-state index contributed by atoms with van der Waals surface area (Å²) in [7, 11) is 0. The lowest BCUT2D eigenvalue weighted by molar-refractivity contribution is -0.134. The van der Waals surface area contributed by atoms with Crippen LogP contribution in [0.5, 0.6) is 0 Å². The molecule has 2 saturated heterocycles. The number of aromatic nitrogens is 1. The van der Waals surface area contributed by atoms with E-state index in [1.807, 2.05) is 23.4 Å². The number of hydrogen-bond acceptors (Lipinski definition) is 4. The van der Waals surface area contributed by atoms with Crippen molar-refractivity contribution < 1.29 is 4.79 Å². The molecule has 2 fully saturated rings. The quantitative estimate of drug-likeness (QED) is 0.856. The molecule has 1 atom stereocenters. The van der Waals surface area contributed by atoms with Gasteiger partial charge in [0.15, 0.2) is 0 Å². The van der Waals surface area contributed by atoms with E-state index < -0.39 is 0 Å². The fourth-order valence-electron chi connectivity index (χ4n) is 3.92. The van der Waals surface area contributed by atoms with Crippen LogP contribution in [0.2, 0.25) is 0 Å². The molecule has 1 aromatic heterocycles. The molecule has 1 amide bonds. The first-order chi connectivity index (χ1) is 10.7. The minimum absolute atomic E-state index is 0.000431. The van der Waals surface area contributed by atoms with Gasteiger partial charge < -0.3 is 4.90 Å². The van der Waals surface area contributed by atoms with Crippen molar-refractivity contribution in [2.24, 2.45) is 0 Å². The smallest absolute Gasteiger partial charge is 0.236 e. The van der Waals surface area contributed by atoms with E-state index in [-0.39, 0.29) is 17.9 Å².